The van der Waals surface area contributed by atoms with Crippen LogP contribution < -0.4 is 4.74 Å². The van der Waals surface area contributed by atoms with Crippen molar-refractivity contribution in [2.75, 3.05) is 13.2 Å². The molecule has 0 radical (unpaired) electrons. The van der Waals surface area contributed by atoms with Gasteiger partial charge in [-0.25, -0.2) is 0 Å². The molecular formula is C17H19NO3S. The molecule has 1 atom stereocenters. The van der Waals surface area contributed by atoms with E-state index in [1.807, 2.05) is 4.90 Å². The number of amides is 1. The Labute approximate surface area is 134 Å². The molecule has 1 aliphatic rings. The van der Waals surface area contributed by atoms with Crippen LogP contribution in [-0.2, 0) is 11.2 Å². The highest BCUT2D eigenvalue weighted by Crippen LogP contribution is 2.35. The average Bonchev–Trinajstić information content (AvgIpc) is 3.01. The molecule has 0 aliphatic carbocycles. The van der Waals surface area contributed by atoms with E-state index in [0.29, 0.717) is 5.75 Å². The van der Waals surface area contributed by atoms with Gasteiger partial charge in [-0.2, -0.15) is 0 Å². The van der Waals surface area contributed by atoms with Crippen molar-refractivity contribution in [1.82, 2.24) is 4.90 Å². The predicted molar refractivity (Wildman–Crippen MR) is 86.4 cm³/mol. The summed E-state index contributed by atoms with van der Waals surface area (Å²) < 4.78 is 5.48. The molecule has 1 amide bonds. The summed E-state index contributed by atoms with van der Waals surface area (Å²) in [5.41, 5.74) is 1.27. The van der Waals surface area contributed by atoms with Gasteiger partial charge in [0.05, 0.1) is 6.04 Å². The van der Waals surface area contributed by atoms with Crippen LogP contribution in [0.2, 0.25) is 0 Å². The van der Waals surface area contributed by atoms with E-state index in [0.717, 1.165) is 19.4 Å². The lowest BCUT2D eigenvalue weighted by atomic mass is 9.98. The summed E-state index contributed by atoms with van der Waals surface area (Å²) in [6.07, 6.45) is 1.80. The fraction of sp³-hybridized carbons (Fsp3) is 0.353. The molecule has 1 aliphatic heterocycles. The Kier molecular flexibility index (Phi) is 4.34. The van der Waals surface area contributed by atoms with Crippen molar-refractivity contribution in [3.8, 4) is 11.5 Å². The largest absolute Gasteiger partial charge is 0.504 e. The van der Waals surface area contributed by atoms with Crippen molar-refractivity contribution in [2.45, 2.75) is 25.8 Å². The van der Waals surface area contributed by atoms with Crippen LogP contribution in [0, 0.1) is 0 Å². The zero-order valence-electron chi connectivity index (χ0n) is 12.5. The number of hydrogen-bond acceptors (Lipinski definition) is 4. The number of phenols is 1. The highest BCUT2D eigenvalue weighted by molar-refractivity contribution is 7.10. The molecule has 1 aromatic carbocycles. The summed E-state index contributed by atoms with van der Waals surface area (Å²) in [5, 5.41) is 11.8. The third-order valence-electron chi connectivity index (χ3n) is 4.02. The molecule has 1 unspecified atom stereocenters. The first-order valence-electron chi connectivity index (χ1n) is 7.47. The van der Waals surface area contributed by atoms with Crippen LogP contribution in [0.3, 0.4) is 0 Å². The van der Waals surface area contributed by atoms with Gasteiger partial charge < -0.3 is 14.7 Å². The average molecular weight is 317 g/mol. The summed E-state index contributed by atoms with van der Waals surface area (Å²) in [5.74, 6) is 0.366. The van der Waals surface area contributed by atoms with Crippen molar-refractivity contribution in [2.24, 2.45) is 0 Å². The summed E-state index contributed by atoms with van der Waals surface area (Å²) >= 11 is 1.77. The van der Waals surface area contributed by atoms with Crippen molar-refractivity contribution in [3.05, 3.63) is 46.2 Å². The van der Waals surface area contributed by atoms with Gasteiger partial charge in [-0.3, -0.25) is 4.79 Å². The SMILES string of the molecule is CCC1c2ccsc2CCN1C(=O)COc1ccccc1O. The highest BCUT2D eigenvalue weighted by atomic mass is 32.1. The van der Waals surface area contributed by atoms with E-state index in [2.05, 4.69) is 18.4 Å². The first-order valence-corrected chi connectivity index (χ1v) is 8.35. The fourth-order valence-corrected chi connectivity index (χ4v) is 3.86. The first-order chi connectivity index (χ1) is 10.7. The van der Waals surface area contributed by atoms with Crippen molar-refractivity contribution >= 4 is 17.2 Å². The molecule has 0 fully saturated rings. The van der Waals surface area contributed by atoms with Crippen LogP contribution in [0.5, 0.6) is 11.5 Å². The zero-order valence-corrected chi connectivity index (χ0v) is 13.3. The predicted octanol–water partition coefficient (Wildman–Crippen LogP) is 3.37. The lowest BCUT2D eigenvalue weighted by Crippen LogP contribution is -2.41. The summed E-state index contributed by atoms with van der Waals surface area (Å²) in [6, 6.07) is 8.96. The second-order valence-electron chi connectivity index (χ2n) is 5.32. The van der Waals surface area contributed by atoms with Gasteiger partial charge in [-0.1, -0.05) is 19.1 Å². The maximum absolute atomic E-state index is 12.5. The van der Waals surface area contributed by atoms with E-state index in [-0.39, 0.29) is 24.3 Å². The second-order valence-corrected chi connectivity index (χ2v) is 6.32. The number of phenolic OH excluding ortho intramolecular Hbond substituents is 1. The minimum absolute atomic E-state index is 0.0352. The van der Waals surface area contributed by atoms with Gasteiger partial charge in [0.2, 0.25) is 0 Å². The van der Waals surface area contributed by atoms with Gasteiger partial charge in [0, 0.05) is 11.4 Å². The molecule has 0 saturated carbocycles. The van der Waals surface area contributed by atoms with E-state index in [1.54, 1.807) is 35.6 Å². The van der Waals surface area contributed by atoms with Crippen LogP contribution >= 0.6 is 11.3 Å². The number of hydrogen-bond donors (Lipinski definition) is 1. The number of rotatable bonds is 4. The van der Waals surface area contributed by atoms with Crippen LogP contribution in [0.1, 0.15) is 29.8 Å². The summed E-state index contributed by atoms with van der Waals surface area (Å²) in [6.45, 7) is 2.78. The number of nitrogens with zero attached hydrogens (tertiary/aromatic N) is 1. The molecule has 5 heteroatoms. The van der Waals surface area contributed by atoms with Crippen LogP contribution in [0.4, 0.5) is 0 Å². The Morgan fingerprint density at radius 1 is 1.41 bits per heavy atom. The molecule has 116 valence electrons. The number of benzene rings is 1. The number of fused-ring (bicyclic) bond motifs is 1. The van der Waals surface area contributed by atoms with E-state index >= 15 is 0 Å². The number of ether oxygens (including phenoxy) is 1. The van der Waals surface area contributed by atoms with E-state index in [4.69, 9.17) is 4.74 Å². The van der Waals surface area contributed by atoms with Crippen molar-refractivity contribution in [3.63, 3.8) is 0 Å². The Morgan fingerprint density at radius 2 is 2.23 bits per heavy atom. The van der Waals surface area contributed by atoms with Crippen LogP contribution in [0.25, 0.3) is 0 Å². The van der Waals surface area contributed by atoms with Crippen molar-refractivity contribution < 1.29 is 14.6 Å². The lowest BCUT2D eigenvalue weighted by Gasteiger charge is -2.35. The smallest absolute Gasteiger partial charge is 0.261 e. The topological polar surface area (TPSA) is 49.8 Å². The number of para-hydroxylation sites is 2. The number of aromatic hydroxyl groups is 1. The monoisotopic (exact) mass is 317 g/mol. The van der Waals surface area contributed by atoms with Crippen LogP contribution in [0.15, 0.2) is 35.7 Å². The molecule has 22 heavy (non-hydrogen) atoms. The maximum atomic E-state index is 12.5. The molecule has 2 aromatic rings. The van der Waals surface area contributed by atoms with Crippen LogP contribution in [-0.4, -0.2) is 29.1 Å². The molecule has 2 heterocycles. The highest BCUT2D eigenvalue weighted by Gasteiger charge is 2.30. The normalized spacial score (nSPS) is 17.1. The first kappa shape index (κ1) is 14.9. The number of carbonyl (C=O) groups excluding carboxylic acids is 1. The molecule has 3 rings (SSSR count). The Bertz CT molecular complexity index is 667. The number of thiophene rings is 1. The molecule has 0 bridgehead atoms. The summed E-state index contributed by atoms with van der Waals surface area (Å²) in [4.78, 5) is 15.8. The lowest BCUT2D eigenvalue weighted by molar-refractivity contribution is -0.136. The fourth-order valence-electron chi connectivity index (χ4n) is 2.94. The van der Waals surface area contributed by atoms with Gasteiger partial charge in [-0.15, -0.1) is 11.3 Å². The molecule has 0 spiro atoms. The Balaban J connectivity index is 1.69. The second kappa shape index (κ2) is 6.40. The third kappa shape index (κ3) is 2.81. The zero-order chi connectivity index (χ0) is 15.5. The van der Waals surface area contributed by atoms with E-state index in [9.17, 15) is 9.90 Å². The Morgan fingerprint density at radius 3 is 3.00 bits per heavy atom. The molecule has 0 saturated heterocycles. The number of carbonyl (C=O) groups is 1. The molecule has 4 nitrogen and oxygen atoms in total. The minimum atomic E-state index is -0.0481. The van der Waals surface area contributed by atoms with Gasteiger partial charge >= 0.3 is 0 Å². The molecular weight excluding hydrogens is 298 g/mol. The maximum Gasteiger partial charge on any atom is 0.261 e. The third-order valence-corrected chi connectivity index (χ3v) is 5.01. The summed E-state index contributed by atoms with van der Waals surface area (Å²) in [7, 11) is 0. The minimum Gasteiger partial charge on any atom is -0.504 e. The molecule has 1 N–H and O–H groups in total. The van der Waals surface area contributed by atoms with Gasteiger partial charge in [0.1, 0.15) is 0 Å². The van der Waals surface area contributed by atoms with E-state index < -0.39 is 0 Å². The van der Waals surface area contributed by atoms with E-state index in [1.165, 1.54) is 10.4 Å². The molecule has 1 aromatic heterocycles. The standard InChI is InChI=1S/C17H19NO3S/c1-2-13-12-8-10-22-16(12)7-9-18(13)17(20)11-21-15-6-4-3-5-14(15)19/h3-6,8,10,13,19H,2,7,9,11H2,1H3. The van der Waals surface area contributed by atoms with Gasteiger partial charge in [0.15, 0.2) is 18.1 Å². The van der Waals surface area contributed by atoms with Crippen molar-refractivity contribution in [1.29, 1.82) is 0 Å². The Hall–Kier alpha value is -2.01. The van der Waals surface area contributed by atoms with Gasteiger partial charge in [0.25, 0.3) is 5.91 Å². The van der Waals surface area contributed by atoms with Gasteiger partial charge in [-0.05, 0) is 42.0 Å². The quantitative estimate of drug-likeness (QED) is 0.940.